The van der Waals surface area contributed by atoms with E-state index >= 15 is 0 Å². The number of hydrogen-bond acceptors (Lipinski definition) is 7. The average molecular weight is 551 g/mol. The molecule has 1 atom stereocenters. The summed E-state index contributed by atoms with van der Waals surface area (Å²) in [5.74, 6) is 1.82. The quantitative estimate of drug-likeness (QED) is 0.439. The highest BCUT2D eigenvalue weighted by atomic mass is 32.1. The molecule has 2 aliphatic heterocycles. The predicted molar refractivity (Wildman–Crippen MR) is 154 cm³/mol. The van der Waals surface area contributed by atoms with Crippen LogP contribution < -0.4 is 15.5 Å². The lowest BCUT2D eigenvalue weighted by Gasteiger charge is -2.37. The van der Waals surface area contributed by atoms with Gasteiger partial charge in [0.15, 0.2) is 5.13 Å². The minimum absolute atomic E-state index is 0.117. The summed E-state index contributed by atoms with van der Waals surface area (Å²) < 4.78 is 7.41. The highest BCUT2D eigenvalue weighted by molar-refractivity contribution is 7.14. The number of hydrogen-bond donors (Lipinski definition) is 2. The molecule has 2 aliphatic rings. The van der Waals surface area contributed by atoms with Crippen LogP contribution in [0.2, 0.25) is 0 Å². The Morgan fingerprint density at radius 1 is 1.05 bits per heavy atom. The lowest BCUT2D eigenvalue weighted by atomic mass is 9.83. The van der Waals surface area contributed by atoms with Crippen molar-refractivity contribution in [3.8, 4) is 11.4 Å². The third-order valence-corrected chi connectivity index (χ3v) is 8.32. The van der Waals surface area contributed by atoms with E-state index in [9.17, 15) is 9.59 Å². The standard InChI is InChI=1S/C29H38N6O3S/c1-29(2,3)35-14-11-21(16-35)27(37)30-15-26(36)33-28-32-24(19-39-28)23-8-6-9-25(31-23)34-12-5-4-7-20(10-13-34)22-17-38-18-22/h6,8-9,11,14,16,19-20,22H,4-5,7,10,12-13,15,17-18H2,1-3H3,(H,30,37)(H,32,33,36). The Bertz CT molecular complexity index is 1290. The van der Waals surface area contributed by atoms with Crippen LogP contribution in [0.25, 0.3) is 11.4 Å². The van der Waals surface area contributed by atoms with Gasteiger partial charge in [0.25, 0.3) is 5.91 Å². The van der Waals surface area contributed by atoms with Crippen molar-refractivity contribution in [2.75, 3.05) is 43.1 Å². The summed E-state index contributed by atoms with van der Waals surface area (Å²) in [5.41, 5.74) is 1.91. The van der Waals surface area contributed by atoms with Crippen LogP contribution in [0.15, 0.2) is 42.0 Å². The highest BCUT2D eigenvalue weighted by Crippen LogP contribution is 2.31. The first-order valence-electron chi connectivity index (χ1n) is 13.8. The zero-order chi connectivity index (χ0) is 27.4. The van der Waals surface area contributed by atoms with Crippen molar-refractivity contribution in [1.29, 1.82) is 0 Å². The highest BCUT2D eigenvalue weighted by Gasteiger charge is 2.29. The molecule has 5 heterocycles. The van der Waals surface area contributed by atoms with E-state index in [0.717, 1.165) is 55.3 Å². The number of nitrogens with zero attached hydrogens (tertiary/aromatic N) is 4. The minimum atomic E-state index is -0.326. The second-order valence-electron chi connectivity index (χ2n) is 11.5. The summed E-state index contributed by atoms with van der Waals surface area (Å²) in [5, 5.41) is 7.85. The Labute approximate surface area is 234 Å². The zero-order valence-electron chi connectivity index (χ0n) is 23.0. The number of aromatic nitrogens is 3. The number of ether oxygens (including phenoxy) is 1. The maximum absolute atomic E-state index is 12.5. The van der Waals surface area contributed by atoms with Crippen LogP contribution in [0.4, 0.5) is 10.9 Å². The molecule has 2 saturated heterocycles. The minimum Gasteiger partial charge on any atom is -0.381 e. The van der Waals surface area contributed by atoms with E-state index in [2.05, 4.69) is 47.4 Å². The molecule has 39 heavy (non-hydrogen) atoms. The van der Waals surface area contributed by atoms with E-state index in [1.165, 1.54) is 37.0 Å². The molecule has 208 valence electrons. The molecule has 0 spiro atoms. The number of rotatable bonds is 7. The number of carbonyl (C=O) groups excluding carboxylic acids is 2. The zero-order valence-corrected chi connectivity index (χ0v) is 23.8. The molecule has 0 aliphatic carbocycles. The summed E-state index contributed by atoms with van der Waals surface area (Å²) in [6.07, 6.45) is 8.54. The molecule has 0 radical (unpaired) electrons. The molecule has 0 bridgehead atoms. The van der Waals surface area contributed by atoms with Gasteiger partial charge in [-0.15, -0.1) is 11.3 Å². The fraction of sp³-hybridized carbons (Fsp3) is 0.517. The summed E-state index contributed by atoms with van der Waals surface area (Å²) in [4.78, 5) is 36.9. The van der Waals surface area contributed by atoms with Crippen LogP contribution >= 0.6 is 11.3 Å². The Hall–Kier alpha value is -3.24. The van der Waals surface area contributed by atoms with Gasteiger partial charge in [0, 0.05) is 42.3 Å². The normalized spacial score (nSPS) is 18.6. The second kappa shape index (κ2) is 11.9. The maximum atomic E-state index is 12.5. The Balaban J connectivity index is 1.15. The van der Waals surface area contributed by atoms with Gasteiger partial charge < -0.3 is 24.8 Å². The number of carbonyl (C=O) groups is 2. The van der Waals surface area contributed by atoms with Crippen LogP contribution in [0.3, 0.4) is 0 Å². The van der Waals surface area contributed by atoms with E-state index in [-0.39, 0.29) is 23.9 Å². The van der Waals surface area contributed by atoms with Crippen LogP contribution in [0, 0.1) is 11.8 Å². The molecule has 1 unspecified atom stereocenters. The van der Waals surface area contributed by atoms with Gasteiger partial charge in [0.1, 0.15) is 11.5 Å². The topological polar surface area (TPSA) is 101 Å². The Morgan fingerprint density at radius 3 is 2.64 bits per heavy atom. The second-order valence-corrected chi connectivity index (χ2v) is 12.3. The van der Waals surface area contributed by atoms with Crippen LogP contribution in [0.5, 0.6) is 0 Å². The summed E-state index contributed by atoms with van der Waals surface area (Å²) in [6.45, 7) is 9.90. The third kappa shape index (κ3) is 6.86. The first-order valence-corrected chi connectivity index (χ1v) is 14.7. The SMILES string of the molecule is CC(C)(C)n1ccc(C(=O)NCC(=O)Nc2nc(-c3cccc(N4CCCCC(C5COC5)CC4)n3)cs2)c1. The predicted octanol–water partition coefficient (Wildman–Crippen LogP) is 4.77. The van der Waals surface area contributed by atoms with Crippen molar-refractivity contribution in [2.24, 2.45) is 11.8 Å². The van der Waals surface area contributed by atoms with Gasteiger partial charge >= 0.3 is 0 Å². The van der Waals surface area contributed by atoms with Crippen molar-refractivity contribution in [3.63, 3.8) is 0 Å². The van der Waals surface area contributed by atoms with Gasteiger partial charge in [-0.1, -0.05) is 12.5 Å². The van der Waals surface area contributed by atoms with Crippen molar-refractivity contribution in [2.45, 2.75) is 52.0 Å². The van der Waals surface area contributed by atoms with Crippen molar-refractivity contribution >= 4 is 34.1 Å². The van der Waals surface area contributed by atoms with Gasteiger partial charge in [0.05, 0.1) is 31.0 Å². The molecule has 3 aromatic heterocycles. The number of pyridine rings is 1. The molecular formula is C29H38N6O3S. The van der Waals surface area contributed by atoms with Crippen LogP contribution in [-0.2, 0) is 15.1 Å². The van der Waals surface area contributed by atoms with E-state index in [0.29, 0.717) is 10.7 Å². The summed E-state index contributed by atoms with van der Waals surface area (Å²) in [7, 11) is 0. The van der Waals surface area contributed by atoms with Crippen LogP contribution in [0.1, 0.15) is 56.8 Å². The van der Waals surface area contributed by atoms with Crippen molar-refractivity contribution < 1.29 is 14.3 Å². The van der Waals surface area contributed by atoms with Crippen molar-refractivity contribution in [1.82, 2.24) is 19.9 Å². The number of thiazole rings is 1. The summed E-state index contributed by atoms with van der Waals surface area (Å²) in [6, 6.07) is 7.79. The van der Waals surface area contributed by atoms with Crippen LogP contribution in [-0.4, -0.2) is 59.2 Å². The third-order valence-electron chi connectivity index (χ3n) is 7.56. The lowest BCUT2D eigenvalue weighted by molar-refractivity contribution is -0.115. The first kappa shape index (κ1) is 27.3. The summed E-state index contributed by atoms with van der Waals surface area (Å²) >= 11 is 1.34. The molecule has 0 saturated carbocycles. The van der Waals surface area contributed by atoms with Gasteiger partial charge in [-0.25, -0.2) is 9.97 Å². The average Bonchev–Trinajstić information content (AvgIpc) is 3.54. The maximum Gasteiger partial charge on any atom is 0.253 e. The molecule has 2 fully saturated rings. The molecule has 2 amide bonds. The first-order chi connectivity index (χ1) is 18.8. The lowest BCUT2D eigenvalue weighted by Crippen LogP contribution is -2.38. The monoisotopic (exact) mass is 550 g/mol. The molecule has 10 heteroatoms. The van der Waals surface area contributed by atoms with E-state index in [1.807, 2.05) is 28.3 Å². The fourth-order valence-corrected chi connectivity index (χ4v) is 5.80. The molecule has 5 rings (SSSR count). The molecule has 0 aromatic carbocycles. The molecule has 3 aromatic rings. The van der Waals surface area contributed by atoms with Gasteiger partial charge in [-0.05, 0) is 64.2 Å². The molecular weight excluding hydrogens is 512 g/mol. The van der Waals surface area contributed by atoms with Gasteiger partial charge in [0.2, 0.25) is 5.91 Å². The molecule has 9 nitrogen and oxygen atoms in total. The van der Waals surface area contributed by atoms with Crippen molar-refractivity contribution in [3.05, 3.63) is 47.6 Å². The van der Waals surface area contributed by atoms with Gasteiger partial charge in [-0.2, -0.15) is 0 Å². The number of anilines is 2. The number of nitrogens with one attached hydrogen (secondary N) is 2. The van der Waals surface area contributed by atoms with E-state index in [4.69, 9.17) is 9.72 Å². The Kier molecular flexibility index (Phi) is 8.32. The fourth-order valence-electron chi connectivity index (χ4n) is 5.08. The van der Waals surface area contributed by atoms with E-state index in [1.54, 1.807) is 12.3 Å². The van der Waals surface area contributed by atoms with E-state index < -0.39 is 0 Å². The van der Waals surface area contributed by atoms with Gasteiger partial charge in [-0.3, -0.25) is 9.59 Å². The smallest absolute Gasteiger partial charge is 0.253 e. The number of amides is 2. The largest absolute Gasteiger partial charge is 0.381 e. The Morgan fingerprint density at radius 2 is 1.90 bits per heavy atom. The molecule has 2 N–H and O–H groups in total.